The molecule has 7 heteroatoms. The lowest BCUT2D eigenvalue weighted by atomic mass is 9.85. The number of nitrogens with zero attached hydrogens (tertiary/aromatic N) is 1. The lowest BCUT2D eigenvalue weighted by Gasteiger charge is -2.42. The fourth-order valence-corrected chi connectivity index (χ4v) is 3.81. The van der Waals surface area contributed by atoms with Crippen LogP contribution in [-0.4, -0.2) is 47.1 Å². The van der Waals surface area contributed by atoms with Gasteiger partial charge in [-0.05, 0) is 56.7 Å². The summed E-state index contributed by atoms with van der Waals surface area (Å²) in [5.41, 5.74) is 1.11. The molecule has 1 aromatic heterocycles. The van der Waals surface area contributed by atoms with Gasteiger partial charge < -0.3 is 14.8 Å². The number of aryl methyl sites for hydroxylation is 1. The van der Waals surface area contributed by atoms with Crippen molar-refractivity contribution < 1.29 is 23.5 Å². The standard InChI is InChI=1S/C20H23FN2O4/c1-11-16-6-13(21)4-5-17(16)27-19(11)20(26)22-14-7-15(8-14)23(10-18(24)25)9-12-2-3-12/h4-6,12,14-15H,2-3,7-10H2,1H3,(H,22,26)(H,24,25). The molecule has 6 nitrogen and oxygen atoms in total. The number of carbonyl (C=O) groups excluding carboxylic acids is 1. The van der Waals surface area contributed by atoms with Crippen LogP contribution in [0.4, 0.5) is 4.39 Å². The number of amides is 1. The van der Waals surface area contributed by atoms with E-state index < -0.39 is 5.97 Å². The van der Waals surface area contributed by atoms with Crippen LogP contribution in [0, 0.1) is 18.7 Å². The Morgan fingerprint density at radius 2 is 2.07 bits per heavy atom. The Balaban J connectivity index is 1.37. The van der Waals surface area contributed by atoms with Crippen LogP contribution >= 0.6 is 0 Å². The second kappa shape index (κ2) is 6.96. The maximum absolute atomic E-state index is 13.4. The van der Waals surface area contributed by atoms with Gasteiger partial charge in [-0.2, -0.15) is 0 Å². The van der Waals surface area contributed by atoms with Crippen LogP contribution in [0.25, 0.3) is 11.0 Å². The highest BCUT2D eigenvalue weighted by Gasteiger charge is 2.38. The molecule has 1 heterocycles. The first-order valence-corrected chi connectivity index (χ1v) is 9.36. The Bertz CT molecular complexity index is 883. The molecule has 2 N–H and O–H groups in total. The molecular weight excluding hydrogens is 351 g/mol. The molecule has 0 saturated heterocycles. The Morgan fingerprint density at radius 3 is 2.74 bits per heavy atom. The fraction of sp³-hybridized carbons (Fsp3) is 0.500. The fourth-order valence-electron chi connectivity index (χ4n) is 3.81. The van der Waals surface area contributed by atoms with E-state index in [-0.39, 0.29) is 36.1 Å². The third kappa shape index (κ3) is 3.83. The van der Waals surface area contributed by atoms with Crippen LogP contribution in [0.2, 0.25) is 0 Å². The van der Waals surface area contributed by atoms with Crippen LogP contribution in [0.5, 0.6) is 0 Å². The topological polar surface area (TPSA) is 82.8 Å². The van der Waals surface area contributed by atoms with Crippen molar-refractivity contribution in [2.24, 2.45) is 5.92 Å². The molecule has 2 aromatic rings. The Hall–Kier alpha value is -2.41. The molecule has 1 amide bonds. The summed E-state index contributed by atoms with van der Waals surface area (Å²) in [6, 6.07) is 4.39. The average Bonchev–Trinajstić information content (AvgIpc) is 3.33. The summed E-state index contributed by atoms with van der Waals surface area (Å²) in [5, 5.41) is 12.7. The number of benzene rings is 1. The summed E-state index contributed by atoms with van der Waals surface area (Å²) in [7, 11) is 0. The first-order chi connectivity index (χ1) is 12.9. The highest BCUT2D eigenvalue weighted by atomic mass is 19.1. The summed E-state index contributed by atoms with van der Waals surface area (Å²) < 4.78 is 19.0. The number of nitrogens with one attached hydrogen (secondary N) is 1. The SMILES string of the molecule is Cc1c(C(=O)NC2CC(N(CC(=O)O)CC3CC3)C2)oc2ccc(F)cc12. The molecule has 144 valence electrons. The molecule has 0 unspecified atom stereocenters. The van der Waals surface area contributed by atoms with Gasteiger partial charge in [-0.15, -0.1) is 0 Å². The highest BCUT2D eigenvalue weighted by Crippen LogP contribution is 2.34. The number of furan rings is 1. The van der Waals surface area contributed by atoms with Crippen molar-refractivity contribution in [2.75, 3.05) is 13.1 Å². The number of hydrogen-bond donors (Lipinski definition) is 2. The molecule has 2 fully saturated rings. The minimum Gasteiger partial charge on any atom is -0.480 e. The zero-order chi connectivity index (χ0) is 19.1. The Kier molecular flexibility index (Phi) is 4.63. The minimum atomic E-state index is -0.812. The van der Waals surface area contributed by atoms with Gasteiger partial charge in [-0.3, -0.25) is 14.5 Å². The van der Waals surface area contributed by atoms with E-state index in [4.69, 9.17) is 9.52 Å². The lowest BCUT2D eigenvalue weighted by molar-refractivity contribution is -0.139. The van der Waals surface area contributed by atoms with Crippen LogP contribution in [0.3, 0.4) is 0 Å². The number of aliphatic carboxylic acids is 1. The van der Waals surface area contributed by atoms with Crippen LogP contribution in [0.15, 0.2) is 22.6 Å². The number of rotatable bonds is 7. The van der Waals surface area contributed by atoms with Crippen LogP contribution in [-0.2, 0) is 4.79 Å². The predicted molar refractivity (Wildman–Crippen MR) is 97.1 cm³/mol. The van der Waals surface area contributed by atoms with Gasteiger partial charge in [0.15, 0.2) is 5.76 Å². The number of carboxylic acids is 1. The molecule has 0 aliphatic heterocycles. The highest BCUT2D eigenvalue weighted by molar-refractivity contribution is 5.99. The minimum absolute atomic E-state index is 0.00217. The lowest BCUT2D eigenvalue weighted by Crippen LogP contribution is -2.55. The average molecular weight is 374 g/mol. The number of fused-ring (bicyclic) bond motifs is 1. The van der Waals surface area contributed by atoms with Gasteiger partial charge in [-0.25, -0.2) is 4.39 Å². The Morgan fingerprint density at radius 1 is 1.33 bits per heavy atom. The summed E-state index contributed by atoms with van der Waals surface area (Å²) in [4.78, 5) is 25.7. The van der Waals surface area contributed by atoms with Crippen LogP contribution < -0.4 is 5.32 Å². The molecule has 1 aromatic carbocycles. The number of halogens is 1. The van der Waals surface area contributed by atoms with Crippen LogP contribution in [0.1, 0.15) is 41.8 Å². The molecule has 2 aliphatic rings. The van der Waals surface area contributed by atoms with E-state index in [0.29, 0.717) is 22.5 Å². The molecule has 0 atom stereocenters. The van der Waals surface area contributed by atoms with E-state index in [0.717, 1.165) is 19.4 Å². The molecule has 2 saturated carbocycles. The van der Waals surface area contributed by atoms with Gasteiger partial charge >= 0.3 is 5.97 Å². The van der Waals surface area contributed by atoms with Crippen molar-refractivity contribution >= 4 is 22.8 Å². The quantitative estimate of drug-likeness (QED) is 0.779. The van der Waals surface area contributed by atoms with E-state index in [1.54, 1.807) is 6.92 Å². The summed E-state index contributed by atoms with van der Waals surface area (Å²) in [6.45, 7) is 2.62. The molecule has 4 rings (SSSR count). The van der Waals surface area contributed by atoms with Gasteiger partial charge in [0.1, 0.15) is 11.4 Å². The Labute approximate surface area is 156 Å². The van der Waals surface area contributed by atoms with E-state index in [2.05, 4.69) is 5.32 Å². The second-order valence-electron chi connectivity index (χ2n) is 7.76. The van der Waals surface area contributed by atoms with Crippen molar-refractivity contribution in [3.8, 4) is 0 Å². The molecule has 0 bridgehead atoms. The zero-order valence-electron chi connectivity index (χ0n) is 15.2. The largest absolute Gasteiger partial charge is 0.480 e. The third-order valence-electron chi connectivity index (χ3n) is 5.60. The molecule has 0 spiro atoms. The van der Waals surface area contributed by atoms with E-state index in [1.807, 2.05) is 4.90 Å². The first-order valence-electron chi connectivity index (χ1n) is 9.36. The smallest absolute Gasteiger partial charge is 0.317 e. The normalized spacial score (nSPS) is 22.0. The van der Waals surface area contributed by atoms with Crippen molar-refractivity contribution in [1.29, 1.82) is 0 Å². The van der Waals surface area contributed by atoms with Gasteiger partial charge in [0.25, 0.3) is 5.91 Å². The van der Waals surface area contributed by atoms with Crippen molar-refractivity contribution in [3.05, 3.63) is 35.3 Å². The third-order valence-corrected chi connectivity index (χ3v) is 5.60. The molecule has 2 aliphatic carbocycles. The summed E-state index contributed by atoms with van der Waals surface area (Å²) in [6.07, 6.45) is 3.82. The van der Waals surface area contributed by atoms with Gasteiger partial charge in [0, 0.05) is 29.6 Å². The molecule has 27 heavy (non-hydrogen) atoms. The maximum Gasteiger partial charge on any atom is 0.317 e. The molecular formula is C20H23FN2O4. The van der Waals surface area contributed by atoms with Gasteiger partial charge in [0.2, 0.25) is 0 Å². The maximum atomic E-state index is 13.4. The van der Waals surface area contributed by atoms with E-state index in [9.17, 15) is 14.0 Å². The monoisotopic (exact) mass is 374 g/mol. The summed E-state index contributed by atoms with van der Waals surface area (Å²) in [5.74, 6) is -0.654. The summed E-state index contributed by atoms with van der Waals surface area (Å²) >= 11 is 0. The molecule has 0 radical (unpaired) electrons. The number of hydrogen-bond acceptors (Lipinski definition) is 4. The predicted octanol–water partition coefficient (Wildman–Crippen LogP) is 2.94. The number of carboxylic acid groups (broad SMARTS) is 1. The van der Waals surface area contributed by atoms with Crippen molar-refractivity contribution in [2.45, 2.75) is 44.7 Å². The van der Waals surface area contributed by atoms with Gasteiger partial charge in [0.05, 0.1) is 6.54 Å². The zero-order valence-corrected chi connectivity index (χ0v) is 15.2. The van der Waals surface area contributed by atoms with Gasteiger partial charge in [-0.1, -0.05) is 0 Å². The van der Waals surface area contributed by atoms with Crippen molar-refractivity contribution in [1.82, 2.24) is 10.2 Å². The number of carbonyl (C=O) groups is 2. The second-order valence-corrected chi connectivity index (χ2v) is 7.76. The van der Waals surface area contributed by atoms with Crippen molar-refractivity contribution in [3.63, 3.8) is 0 Å². The van der Waals surface area contributed by atoms with E-state index in [1.165, 1.54) is 31.0 Å². The first kappa shape index (κ1) is 18.0. The van der Waals surface area contributed by atoms with E-state index >= 15 is 0 Å².